The highest BCUT2D eigenvalue weighted by atomic mass is 32.1. The van der Waals surface area contributed by atoms with Crippen LogP contribution >= 0.6 is 11.3 Å². The number of aromatic nitrogens is 1. The van der Waals surface area contributed by atoms with Crippen LogP contribution in [0.15, 0.2) is 5.38 Å². The van der Waals surface area contributed by atoms with Gasteiger partial charge in [-0.15, -0.1) is 11.3 Å². The minimum absolute atomic E-state index is 0.0642. The molecule has 5 nitrogen and oxygen atoms in total. The Morgan fingerprint density at radius 1 is 1.36 bits per heavy atom. The quantitative estimate of drug-likeness (QED) is 0.907. The van der Waals surface area contributed by atoms with Gasteiger partial charge in [0, 0.05) is 23.9 Å². The number of rotatable bonds is 5. The zero-order valence-corrected chi connectivity index (χ0v) is 13.8. The van der Waals surface area contributed by atoms with Crippen molar-refractivity contribution in [3.05, 3.63) is 11.1 Å². The van der Waals surface area contributed by atoms with Crippen molar-refractivity contribution in [2.75, 3.05) is 11.9 Å². The summed E-state index contributed by atoms with van der Waals surface area (Å²) in [5.74, 6) is 0.402. The minimum atomic E-state index is 0.0642. The third-order valence-electron chi connectivity index (χ3n) is 4.48. The summed E-state index contributed by atoms with van der Waals surface area (Å²) in [6.45, 7) is 3.01. The lowest BCUT2D eigenvalue weighted by molar-refractivity contribution is -0.134. The number of hydrogen-bond donors (Lipinski definition) is 1. The molecular formula is C16H23N3O2S. The van der Waals surface area contributed by atoms with Crippen molar-refractivity contribution >= 4 is 28.3 Å². The van der Waals surface area contributed by atoms with Crippen LogP contribution in [-0.4, -0.2) is 34.3 Å². The second kappa shape index (κ2) is 6.77. The molecule has 1 aliphatic carbocycles. The van der Waals surface area contributed by atoms with Gasteiger partial charge in [0.15, 0.2) is 5.13 Å². The Hall–Kier alpha value is -1.43. The molecule has 120 valence electrons. The lowest BCUT2D eigenvalue weighted by Gasteiger charge is -2.35. The summed E-state index contributed by atoms with van der Waals surface area (Å²) in [7, 11) is 0. The van der Waals surface area contributed by atoms with Crippen molar-refractivity contribution in [1.29, 1.82) is 0 Å². The number of carbonyl (C=O) groups excluding carboxylic acids is 2. The van der Waals surface area contributed by atoms with Crippen LogP contribution in [0.25, 0.3) is 0 Å². The lowest BCUT2D eigenvalue weighted by atomic mass is 9.99. The zero-order chi connectivity index (χ0) is 15.5. The maximum Gasteiger partial charge on any atom is 0.229 e. The van der Waals surface area contributed by atoms with E-state index >= 15 is 0 Å². The molecule has 22 heavy (non-hydrogen) atoms. The molecule has 3 rings (SSSR count). The number of anilines is 1. The molecule has 0 bridgehead atoms. The van der Waals surface area contributed by atoms with Crippen molar-refractivity contribution in [2.45, 2.75) is 57.9 Å². The number of thiazole rings is 1. The van der Waals surface area contributed by atoms with Gasteiger partial charge >= 0.3 is 0 Å². The first-order valence-corrected chi connectivity index (χ1v) is 9.10. The van der Waals surface area contributed by atoms with Gasteiger partial charge in [0.25, 0.3) is 0 Å². The maximum absolute atomic E-state index is 12.5. The van der Waals surface area contributed by atoms with Crippen LogP contribution in [0.2, 0.25) is 0 Å². The second-order valence-electron chi connectivity index (χ2n) is 6.23. The van der Waals surface area contributed by atoms with Crippen molar-refractivity contribution < 1.29 is 9.59 Å². The van der Waals surface area contributed by atoms with Gasteiger partial charge in [0.1, 0.15) is 0 Å². The molecule has 0 radical (unpaired) electrons. The van der Waals surface area contributed by atoms with Crippen molar-refractivity contribution in [3.8, 4) is 0 Å². The summed E-state index contributed by atoms with van der Waals surface area (Å²) in [6, 6.07) is 0.383. The summed E-state index contributed by atoms with van der Waals surface area (Å²) in [6.07, 6.45) is 6.75. The highest BCUT2D eigenvalue weighted by Crippen LogP contribution is 2.30. The summed E-state index contributed by atoms with van der Waals surface area (Å²) in [5.41, 5.74) is 0.765. The Labute approximate surface area is 135 Å². The van der Waals surface area contributed by atoms with E-state index in [1.165, 1.54) is 17.8 Å². The van der Waals surface area contributed by atoms with Gasteiger partial charge in [-0.2, -0.15) is 0 Å². The Morgan fingerprint density at radius 3 is 2.91 bits per heavy atom. The van der Waals surface area contributed by atoms with E-state index in [1.54, 1.807) is 0 Å². The van der Waals surface area contributed by atoms with Crippen molar-refractivity contribution in [3.63, 3.8) is 0 Å². The van der Waals surface area contributed by atoms with E-state index in [-0.39, 0.29) is 17.7 Å². The highest BCUT2D eigenvalue weighted by Gasteiger charge is 2.30. The molecular weight excluding hydrogens is 298 g/mol. The third kappa shape index (κ3) is 3.66. The molecule has 1 unspecified atom stereocenters. The first-order chi connectivity index (χ1) is 10.7. The standard InChI is InChI=1S/C16H23N3O2S/c1-2-13-5-3-4-8-19(13)14(20)9-12-10-22-16(17-12)18-15(21)11-6-7-11/h10-11,13H,2-9H2,1H3,(H,17,18,21). The van der Waals surface area contributed by atoms with Crippen LogP contribution in [0.4, 0.5) is 5.13 Å². The molecule has 2 amide bonds. The molecule has 2 fully saturated rings. The molecule has 0 spiro atoms. The van der Waals surface area contributed by atoms with Crippen LogP contribution in [0, 0.1) is 5.92 Å². The fourth-order valence-electron chi connectivity index (χ4n) is 3.01. The molecule has 2 aliphatic rings. The number of piperidine rings is 1. The lowest BCUT2D eigenvalue weighted by Crippen LogP contribution is -2.44. The number of hydrogen-bond acceptors (Lipinski definition) is 4. The smallest absolute Gasteiger partial charge is 0.229 e. The summed E-state index contributed by atoms with van der Waals surface area (Å²) in [5, 5.41) is 5.34. The monoisotopic (exact) mass is 321 g/mol. The number of nitrogens with zero attached hydrogens (tertiary/aromatic N) is 2. The van der Waals surface area contributed by atoms with E-state index < -0.39 is 0 Å². The van der Waals surface area contributed by atoms with Crippen LogP contribution in [0.5, 0.6) is 0 Å². The largest absolute Gasteiger partial charge is 0.339 e. The first-order valence-electron chi connectivity index (χ1n) is 8.22. The van der Waals surface area contributed by atoms with E-state index in [4.69, 9.17) is 0 Å². The minimum Gasteiger partial charge on any atom is -0.339 e. The summed E-state index contributed by atoms with van der Waals surface area (Å²) in [4.78, 5) is 30.6. The molecule has 6 heteroatoms. The van der Waals surface area contributed by atoms with E-state index in [0.29, 0.717) is 17.6 Å². The van der Waals surface area contributed by atoms with Gasteiger partial charge in [-0.3, -0.25) is 9.59 Å². The molecule has 1 aromatic rings. The summed E-state index contributed by atoms with van der Waals surface area (Å²) < 4.78 is 0. The molecule has 1 saturated carbocycles. The SMILES string of the molecule is CCC1CCCCN1C(=O)Cc1csc(NC(=O)C2CC2)n1. The predicted molar refractivity (Wildman–Crippen MR) is 86.8 cm³/mol. The third-order valence-corrected chi connectivity index (χ3v) is 5.29. The van der Waals surface area contributed by atoms with E-state index in [9.17, 15) is 9.59 Å². The number of carbonyl (C=O) groups is 2. The average Bonchev–Trinajstić information content (AvgIpc) is 3.30. The summed E-state index contributed by atoms with van der Waals surface area (Å²) >= 11 is 1.40. The van der Waals surface area contributed by atoms with Gasteiger partial charge in [-0.05, 0) is 38.5 Å². The van der Waals surface area contributed by atoms with Crippen LogP contribution < -0.4 is 5.32 Å². The molecule has 1 aliphatic heterocycles. The van der Waals surface area contributed by atoms with Gasteiger partial charge < -0.3 is 10.2 Å². The Bertz CT molecular complexity index is 553. The van der Waals surface area contributed by atoms with Gasteiger partial charge in [0.05, 0.1) is 12.1 Å². The van der Waals surface area contributed by atoms with Gasteiger partial charge in [0.2, 0.25) is 11.8 Å². The normalized spacial score (nSPS) is 21.7. The van der Waals surface area contributed by atoms with E-state index in [0.717, 1.165) is 44.3 Å². The fourth-order valence-corrected chi connectivity index (χ4v) is 3.72. The van der Waals surface area contributed by atoms with Gasteiger partial charge in [-0.1, -0.05) is 6.92 Å². The predicted octanol–water partition coefficient (Wildman–Crippen LogP) is 2.83. The fraction of sp³-hybridized carbons (Fsp3) is 0.688. The van der Waals surface area contributed by atoms with E-state index in [1.807, 2.05) is 10.3 Å². The molecule has 1 aromatic heterocycles. The van der Waals surface area contributed by atoms with Crippen LogP contribution in [0.1, 0.15) is 51.1 Å². The van der Waals surface area contributed by atoms with Gasteiger partial charge in [-0.25, -0.2) is 4.98 Å². The molecule has 1 N–H and O–H groups in total. The van der Waals surface area contributed by atoms with Crippen molar-refractivity contribution in [1.82, 2.24) is 9.88 Å². The Morgan fingerprint density at radius 2 is 2.18 bits per heavy atom. The topological polar surface area (TPSA) is 62.3 Å². The molecule has 1 saturated heterocycles. The number of nitrogens with one attached hydrogen (secondary N) is 1. The van der Waals surface area contributed by atoms with E-state index in [2.05, 4.69) is 17.2 Å². The molecule has 2 heterocycles. The zero-order valence-electron chi connectivity index (χ0n) is 13.0. The van der Waals surface area contributed by atoms with Crippen LogP contribution in [0.3, 0.4) is 0 Å². The number of amides is 2. The second-order valence-corrected chi connectivity index (χ2v) is 7.09. The maximum atomic E-state index is 12.5. The Balaban J connectivity index is 1.56. The Kier molecular flexibility index (Phi) is 4.76. The van der Waals surface area contributed by atoms with Crippen molar-refractivity contribution in [2.24, 2.45) is 5.92 Å². The number of likely N-dealkylation sites (tertiary alicyclic amines) is 1. The van der Waals surface area contributed by atoms with Crippen LogP contribution in [-0.2, 0) is 16.0 Å². The molecule has 1 atom stereocenters. The first kappa shape index (κ1) is 15.5. The average molecular weight is 321 g/mol. The highest BCUT2D eigenvalue weighted by molar-refractivity contribution is 7.13. The molecule has 0 aromatic carbocycles.